The van der Waals surface area contributed by atoms with Crippen LogP contribution in [0.2, 0.25) is 0 Å². The van der Waals surface area contributed by atoms with Crippen molar-refractivity contribution in [3.63, 3.8) is 0 Å². The minimum Gasteiger partial charge on any atom is -0.494 e. The lowest BCUT2D eigenvalue weighted by atomic mass is 10.1. The molecule has 0 spiro atoms. The van der Waals surface area contributed by atoms with Gasteiger partial charge < -0.3 is 9.47 Å². The number of ether oxygens (including phenoxy) is 2. The van der Waals surface area contributed by atoms with Crippen LogP contribution in [-0.2, 0) is 4.79 Å². The lowest BCUT2D eigenvalue weighted by Crippen LogP contribution is -2.23. The number of para-hydroxylation sites is 2. The predicted octanol–water partition coefficient (Wildman–Crippen LogP) is 5.32. The summed E-state index contributed by atoms with van der Waals surface area (Å²) in [6.07, 6.45) is 5.80. The molecule has 0 saturated carbocycles. The highest BCUT2D eigenvalue weighted by Gasteiger charge is 2.17. The van der Waals surface area contributed by atoms with Gasteiger partial charge in [0.2, 0.25) is 4.96 Å². The second-order valence-electron chi connectivity index (χ2n) is 9.57. The maximum absolute atomic E-state index is 13.4. The SMILES string of the molecule is CCCCOc1ccc(-c2nn(-c3ccccc3)cc2C=c2sc3nc(-c4ccccc4OC(C)=O)nn3c2=O)cc1. The van der Waals surface area contributed by atoms with E-state index in [0.29, 0.717) is 33.2 Å². The molecular weight excluding hydrogens is 550 g/mol. The molecule has 0 atom stereocenters. The number of benzene rings is 3. The molecule has 210 valence electrons. The van der Waals surface area contributed by atoms with Gasteiger partial charge in [0.15, 0.2) is 5.82 Å². The molecule has 0 fully saturated rings. The monoisotopic (exact) mass is 577 g/mol. The highest BCUT2D eigenvalue weighted by Crippen LogP contribution is 2.29. The van der Waals surface area contributed by atoms with Gasteiger partial charge >= 0.3 is 5.97 Å². The molecule has 42 heavy (non-hydrogen) atoms. The normalized spacial score (nSPS) is 11.7. The van der Waals surface area contributed by atoms with E-state index in [1.54, 1.807) is 28.9 Å². The molecule has 0 bridgehead atoms. The summed E-state index contributed by atoms with van der Waals surface area (Å²) in [6.45, 7) is 4.14. The van der Waals surface area contributed by atoms with E-state index in [0.717, 1.165) is 41.1 Å². The van der Waals surface area contributed by atoms with Gasteiger partial charge in [-0.1, -0.05) is 55.0 Å². The van der Waals surface area contributed by atoms with E-state index >= 15 is 0 Å². The Morgan fingerprint density at radius 2 is 1.74 bits per heavy atom. The first kappa shape index (κ1) is 27.1. The Morgan fingerprint density at radius 3 is 2.48 bits per heavy atom. The second-order valence-corrected chi connectivity index (χ2v) is 10.6. The van der Waals surface area contributed by atoms with Crippen LogP contribution in [0.25, 0.3) is 39.4 Å². The summed E-state index contributed by atoms with van der Waals surface area (Å²) < 4.78 is 14.7. The molecule has 0 amide bonds. The summed E-state index contributed by atoms with van der Waals surface area (Å²) in [5.41, 5.74) is 3.54. The number of hydrogen-bond donors (Lipinski definition) is 0. The summed E-state index contributed by atoms with van der Waals surface area (Å²) >= 11 is 1.23. The Labute approximate surface area is 245 Å². The maximum atomic E-state index is 13.4. The zero-order valence-corrected chi connectivity index (χ0v) is 23.9. The predicted molar refractivity (Wildman–Crippen MR) is 162 cm³/mol. The Hall–Kier alpha value is -5.09. The quantitative estimate of drug-likeness (QED) is 0.130. The first-order valence-electron chi connectivity index (χ1n) is 13.6. The van der Waals surface area contributed by atoms with Crippen molar-refractivity contribution in [2.24, 2.45) is 0 Å². The van der Waals surface area contributed by atoms with Gasteiger partial charge in [-0.3, -0.25) is 9.59 Å². The molecule has 0 N–H and O–H groups in total. The molecule has 0 saturated heterocycles. The summed E-state index contributed by atoms with van der Waals surface area (Å²) in [5, 5.41) is 9.32. The van der Waals surface area contributed by atoms with Gasteiger partial charge in [-0.15, -0.1) is 5.10 Å². The van der Waals surface area contributed by atoms with Crippen LogP contribution in [0.15, 0.2) is 89.9 Å². The van der Waals surface area contributed by atoms with Crippen LogP contribution >= 0.6 is 11.3 Å². The molecule has 0 unspecified atom stereocenters. The molecule has 3 aromatic heterocycles. The molecule has 10 heteroatoms. The topological polar surface area (TPSA) is 101 Å². The van der Waals surface area contributed by atoms with Gasteiger partial charge in [-0.05, 0) is 61.0 Å². The van der Waals surface area contributed by atoms with Crippen LogP contribution in [0.5, 0.6) is 11.5 Å². The van der Waals surface area contributed by atoms with Gasteiger partial charge in [0.05, 0.1) is 22.4 Å². The van der Waals surface area contributed by atoms with Crippen LogP contribution < -0.4 is 19.6 Å². The van der Waals surface area contributed by atoms with E-state index in [1.807, 2.05) is 66.9 Å². The van der Waals surface area contributed by atoms with Crippen molar-refractivity contribution < 1.29 is 14.3 Å². The van der Waals surface area contributed by atoms with E-state index in [2.05, 4.69) is 17.0 Å². The molecule has 0 aliphatic heterocycles. The third-order valence-electron chi connectivity index (χ3n) is 6.51. The molecule has 0 radical (unpaired) electrons. The van der Waals surface area contributed by atoms with Crippen LogP contribution in [0.1, 0.15) is 32.3 Å². The average Bonchev–Trinajstić information content (AvgIpc) is 3.69. The average molecular weight is 578 g/mol. The van der Waals surface area contributed by atoms with Crippen molar-refractivity contribution in [2.45, 2.75) is 26.7 Å². The number of rotatable bonds is 9. The highest BCUT2D eigenvalue weighted by atomic mass is 32.1. The van der Waals surface area contributed by atoms with E-state index < -0.39 is 5.97 Å². The number of nitrogens with zero attached hydrogens (tertiary/aromatic N) is 5. The van der Waals surface area contributed by atoms with Crippen molar-refractivity contribution >= 4 is 28.3 Å². The number of unbranched alkanes of at least 4 members (excludes halogenated alkanes) is 1. The number of carbonyl (C=O) groups excluding carboxylic acids is 1. The molecule has 6 rings (SSSR count). The van der Waals surface area contributed by atoms with Crippen molar-refractivity contribution in [2.75, 3.05) is 6.61 Å². The summed E-state index contributed by atoms with van der Waals surface area (Å²) in [6, 6.07) is 24.6. The molecule has 0 aliphatic rings. The van der Waals surface area contributed by atoms with Gasteiger partial charge in [0.25, 0.3) is 5.56 Å². The zero-order valence-electron chi connectivity index (χ0n) is 23.1. The van der Waals surface area contributed by atoms with Crippen molar-refractivity contribution in [3.8, 4) is 39.8 Å². The number of carbonyl (C=O) groups is 1. The summed E-state index contributed by atoms with van der Waals surface area (Å²) in [5.74, 6) is 0.997. The van der Waals surface area contributed by atoms with Crippen molar-refractivity contribution in [3.05, 3.63) is 106 Å². The first-order chi connectivity index (χ1) is 20.5. The Morgan fingerprint density at radius 1 is 0.976 bits per heavy atom. The fourth-order valence-electron chi connectivity index (χ4n) is 4.46. The summed E-state index contributed by atoms with van der Waals surface area (Å²) in [4.78, 5) is 30.0. The lowest BCUT2D eigenvalue weighted by molar-refractivity contribution is -0.131. The molecule has 6 aromatic rings. The van der Waals surface area contributed by atoms with E-state index in [4.69, 9.17) is 14.6 Å². The first-order valence-corrected chi connectivity index (χ1v) is 14.4. The second kappa shape index (κ2) is 11.8. The fourth-order valence-corrected chi connectivity index (χ4v) is 5.36. The number of hydrogen-bond acceptors (Lipinski definition) is 8. The Balaban J connectivity index is 1.40. The van der Waals surface area contributed by atoms with Crippen LogP contribution in [0.3, 0.4) is 0 Å². The van der Waals surface area contributed by atoms with Gasteiger partial charge in [0, 0.05) is 24.2 Å². The Kier molecular flexibility index (Phi) is 7.61. The third kappa shape index (κ3) is 5.57. The van der Waals surface area contributed by atoms with Crippen LogP contribution in [0, 0.1) is 0 Å². The number of aromatic nitrogens is 5. The minimum atomic E-state index is -0.449. The smallest absolute Gasteiger partial charge is 0.308 e. The van der Waals surface area contributed by atoms with Gasteiger partial charge in [-0.25, -0.2) is 4.68 Å². The molecule has 3 heterocycles. The molecular formula is C32H27N5O4S. The van der Waals surface area contributed by atoms with Gasteiger partial charge in [0.1, 0.15) is 17.2 Å². The van der Waals surface area contributed by atoms with Crippen molar-refractivity contribution in [1.29, 1.82) is 0 Å². The Bertz CT molecular complexity index is 1980. The van der Waals surface area contributed by atoms with Crippen molar-refractivity contribution in [1.82, 2.24) is 24.4 Å². The number of fused-ring (bicyclic) bond motifs is 1. The fraction of sp³-hybridized carbons (Fsp3) is 0.156. The van der Waals surface area contributed by atoms with Crippen LogP contribution in [-0.4, -0.2) is 37.0 Å². The minimum absolute atomic E-state index is 0.295. The molecule has 9 nitrogen and oxygen atoms in total. The highest BCUT2D eigenvalue weighted by molar-refractivity contribution is 7.15. The maximum Gasteiger partial charge on any atom is 0.308 e. The molecule has 0 aliphatic carbocycles. The van der Waals surface area contributed by atoms with E-state index in [-0.39, 0.29) is 5.56 Å². The van der Waals surface area contributed by atoms with Crippen LogP contribution in [0.4, 0.5) is 0 Å². The summed E-state index contributed by atoms with van der Waals surface area (Å²) in [7, 11) is 0. The van der Waals surface area contributed by atoms with Gasteiger partial charge in [-0.2, -0.15) is 14.6 Å². The third-order valence-corrected chi connectivity index (χ3v) is 7.47. The molecule has 3 aromatic carbocycles. The standard InChI is InChI=1S/C32H27N5O4S/c1-3-4-18-40-25-16-14-22(15-17-25)29-23(20-36(34-29)24-10-6-5-7-11-24)19-28-31(39)37-32(42-28)33-30(35-37)26-12-8-9-13-27(26)41-21(2)38/h5-17,19-20H,3-4,18H2,1-2H3. The van der Waals surface area contributed by atoms with E-state index in [9.17, 15) is 9.59 Å². The number of esters is 1. The van der Waals surface area contributed by atoms with E-state index in [1.165, 1.54) is 22.8 Å². The largest absolute Gasteiger partial charge is 0.494 e. The zero-order chi connectivity index (χ0) is 29.1. The lowest BCUT2D eigenvalue weighted by Gasteiger charge is -2.06. The number of thiazole rings is 1.